The minimum atomic E-state index is -0.149. The van der Waals surface area contributed by atoms with Crippen LogP contribution in [0.5, 0.6) is 0 Å². The molecule has 28 heavy (non-hydrogen) atoms. The molecule has 2 heterocycles. The van der Waals surface area contributed by atoms with Crippen molar-refractivity contribution in [3.8, 4) is 0 Å². The summed E-state index contributed by atoms with van der Waals surface area (Å²) in [6.45, 7) is 4.54. The normalized spacial score (nSPS) is 15.5. The van der Waals surface area contributed by atoms with Gasteiger partial charge in [0.2, 0.25) is 5.91 Å². The molecule has 0 unspecified atom stereocenters. The van der Waals surface area contributed by atoms with E-state index in [1.807, 2.05) is 31.4 Å². The number of aromatic nitrogens is 2. The SMILES string of the molecule is CSc1nc(C)c(CCC(=O)NC[C@H](c2ccccc2)N2CCCC2)c(=O)[nH]1. The summed E-state index contributed by atoms with van der Waals surface area (Å²) in [6, 6.07) is 10.5. The molecule has 3 rings (SSSR count). The Morgan fingerprint density at radius 3 is 2.64 bits per heavy atom. The number of amides is 1. The van der Waals surface area contributed by atoms with Crippen molar-refractivity contribution in [1.82, 2.24) is 20.2 Å². The van der Waals surface area contributed by atoms with Crippen molar-refractivity contribution in [2.75, 3.05) is 25.9 Å². The van der Waals surface area contributed by atoms with Gasteiger partial charge in [0.1, 0.15) is 0 Å². The number of benzene rings is 1. The lowest BCUT2D eigenvalue weighted by Gasteiger charge is -2.28. The molecule has 2 aromatic rings. The van der Waals surface area contributed by atoms with Crippen molar-refractivity contribution >= 4 is 17.7 Å². The number of carbonyl (C=O) groups is 1. The van der Waals surface area contributed by atoms with E-state index in [0.29, 0.717) is 29.4 Å². The lowest BCUT2D eigenvalue weighted by Crippen LogP contribution is -2.37. The van der Waals surface area contributed by atoms with Crippen LogP contribution < -0.4 is 10.9 Å². The van der Waals surface area contributed by atoms with Crippen LogP contribution in [-0.2, 0) is 11.2 Å². The summed E-state index contributed by atoms with van der Waals surface area (Å²) >= 11 is 1.40. The predicted molar refractivity (Wildman–Crippen MR) is 113 cm³/mol. The first-order valence-corrected chi connectivity index (χ1v) is 11.0. The highest BCUT2D eigenvalue weighted by Crippen LogP contribution is 2.24. The van der Waals surface area contributed by atoms with Gasteiger partial charge in [0.25, 0.3) is 5.56 Å². The highest BCUT2D eigenvalue weighted by atomic mass is 32.2. The lowest BCUT2D eigenvalue weighted by molar-refractivity contribution is -0.121. The van der Waals surface area contributed by atoms with Gasteiger partial charge < -0.3 is 10.3 Å². The van der Waals surface area contributed by atoms with Crippen LogP contribution in [0.15, 0.2) is 40.3 Å². The highest BCUT2D eigenvalue weighted by Gasteiger charge is 2.23. The van der Waals surface area contributed by atoms with Crippen LogP contribution in [0.3, 0.4) is 0 Å². The molecule has 1 amide bonds. The second-order valence-corrected chi connectivity index (χ2v) is 7.91. The quantitative estimate of drug-likeness (QED) is 0.526. The van der Waals surface area contributed by atoms with Crippen molar-refractivity contribution in [1.29, 1.82) is 0 Å². The molecule has 1 aromatic heterocycles. The van der Waals surface area contributed by atoms with E-state index in [4.69, 9.17) is 0 Å². The van der Waals surface area contributed by atoms with Gasteiger partial charge in [-0.2, -0.15) is 0 Å². The third-order valence-corrected chi connectivity index (χ3v) is 5.83. The van der Waals surface area contributed by atoms with Gasteiger partial charge in [0.15, 0.2) is 5.16 Å². The van der Waals surface area contributed by atoms with E-state index >= 15 is 0 Å². The maximum absolute atomic E-state index is 12.4. The van der Waals surface area contributed by atoms with Crippen LogP contribution >= 0.6 is 11.8 Å². The maximum Gasteiger partial charge on any atom is 0.254 e. The summed E-state index contributed by atoms with van der Waals surface area (Å²) in [5.74, 6) is -0.0344. The minimum absolute atomic E-state index is 0.0344. The smallest absolute Gasteiger partial charge is 0.254 e. The molecule has 1 aliphatic rings. The van der Waals surface area contributed by atoms with E-state index in [9.17, 15) is 9.59 Å². The first kappa shape index (κ1) is 20.6. The molecule has 0 spiro atoms. The van der Waals surface area contributed by atoms with Gasteiger partial charge in [-0.3, -0.25) is 14.5 Å². The van der Waals surface area contributed by atoms with Gasteiger partial charge in [-0.15, -0.1) is 0 Å². The summed E-state index contributed by atoms with van der Waals surface area (Å²) in [6.07, 6.45) is 4.96. The fourth-order valence-electron chi connectivity index (χ4n) is 3.70. The molecule has 1 saturated heterocycles. The van der Waals surface area contributed by atoms with Gasteiger partial charge in [0, 0.05) is 24.2 Å². The molecule has 1 atom stereocenters. The molecule has 0 radical (unpaired) electrons. The van der Waals surface area contributed by atoms with Crippen LogP contribution in [-0.4, -0.2) is 46.7 Å². The Kier molecular flexibility index (Phi) is 7.28. The first-order chi connectivity index (χ1) is 13.6. The topological polar surface area (TPSA) is 78.1 Å². The Labute approximate surface area is 170 Å². The van der Waals surface area contributed by atoms with E-state index in [-0.39, 0.29) is 23.9 Å². The second kappa shape index (κ2) is 9.89. The average molecular weight is 401 g/mol. The number of hydrogen-bond donors (Lipinski definition) is 2. The lowest BCUT2D eigenvalue weighted by atomic mass is 10.1. The molecule has 0 bridgehead atoms. The number of carbonyl (C=O) groups excluding carboxylic acids is 1. The molecule has 7 heteroatoms. The molecule has 0 saturated carbocycles. The van der Waals surface area contributed by atoms with Crippen molar-refractivity contribution in [3.63, 3.8) is 0 Å². The number of thioether (sulfide) groups is 1. The summed E-state index contributed by atoms with van der Waals surface area (Å²) < 4.78 is 0. The van der Waals surface area contributed by atoms with E-state index in [1.165, 1.54) is 30.2 Å². The summed E-state index contributed by atoms with van der Waals surface area (Å²) in [5, 5.41) is 3.68. The standard InChI is InChI=1S/C21H28N4O2S/c1-15-17(20(27)24-21(23-15)28-2)10-11-19(26)22-14-18(25-12-6-7-13-25)16-8-4-3-5-9-16/h3-5,8-9,18H,6-7,10-14H2,1-2H3,(H,22,26)(H,23,24,27)/t18-/m1/s1. The first-order valence-electron chi connectivity index (χ1n) is 9.78. The Balaban J connectivity index is 1.59. The molecule has 150 valence electrons. The predicted octanol–water partition coefficient (Wildman–Crippen LogP) is 2.69. The Bertz CT molecular complexity index is 847. The van der Waals surface area contributed by atoms with Gasteiger partial charge in [-0.1, -0.05) is 42.1 Å². The zero-order valence-electron chi connectivity index (χ0n) is 16.5. The molecule has 1 fully saturated rings. The Hall–Kier alpha value is -2.12. The van der Waals surface area contributed by atoms with Crippen LogP contribution in [0.4, 0.5) is 0 Å². The van der Waals surface area contributed by atoms with Crippen LogP contribution in [0, 0.1) is 6.92 Å². The van der Waals surface area contributed by atoms with Crippen LogP contribution in [0.2, 0.25) is 0 Å². The van der Waals surface area contributed by atoms with Crippen molar-refractivity contribution in [2.24, 2.45) is 0 Å². The number of nitrogens with zero attached hydrogens (tertiary/aromatic N) is 2. The summed E-state index contributed by atoms with van der Waals surface area (Å²) in [7, 11) is 0. The number of hydrogen-bond acceptors (Lipinski definition) is 5. The second-order valence-electron chi connectivity index (χ2n) is 7.11. The Morgan fingerprint density at radius 2 is 2.00 bits per heavy atom. The molecule has 2 N–H and O–H groups in total. The van der Waals surface area contributed by atoms with Crippen molar-refractivity contribution in [2.45, 2.75) is 43.8 Å². The maximum atomic E-state index is 12.4. The molecule has 1 aromatic carbocycles. The van der Waals surface area contributed by atoms with Crippen molar-refractivity contribution in [3.05, 3.63) is 57.5 Å². The van der Waals surface area contributed by atoms with Crippen LogP contribution in [0.1, 0.15) is 42.1 Å². The molecular formula is C21H28N4O2S. The molecule has 1 aliphatic heterocycles. The number of nitrogens with one attached hydrogen (secondary N) is 2. The largest absolute Gasteiger partial charge is 0.354 e. The highest BCUT2D eigenvalue weighted by molar-refractivity contribution is 7.98. The van der Waals surface area contributed by atoms with E-state index in [2.05, 4.69) is 32.3 Å². The third-order valence-electron chi connectivity index (χ3n) is 5.25. The molecule has 6 nitrogen and oxygen atoms in total. The number of rotatable bonds is 8. The minimum Gasteiger partial charge on any atom is -0.354 e. The fraction of sp³-hybridized carbons (Fsp3) is 0.476. The van der Waals surface area contributed by atoms with Gasteiger partial charge in [-0.05, 0) is 51.1 Å². The zero-order valence-corrected chi connectivity index (χ0v) is 17.3. The van der Waals surface area contributed by atoms with Gasteiger partial charge in [-0.25, -0.2) is 4.98 Å². The van der Waals surface area contributed by atoms with Crippen molar-refractivity contribution < 1.29 is 4.79 Å². The molecular weight excluding hydrogens is 372 g/mol. The van der Waals surface area contributed by atoms with E-state index in [1.54, 1.807) is 0 Å². The Morgan fingerprint density at radius 1 is 1.29 bits per heavy atom. The van der Waals surface area contributed by atoms with Gasteiger partial charge in [0.05, 0.1) is 6.04 Å². The number of aryl methyl sites for hydroxylation is 1. The zero-order chi connectivity index (χ0) is 19.9. The summed E-state index contributed by atoms with van der Waals surface area (Å²) in [4.78, 5) is 34.2. The number of H-pyrrole nitrogens is 1. The third kappa shape index (κ3) is 5.23. The fourth-order valence-corrected chi connectivity index (χ4v) is 4.12. The summed E-state index contributed by atoms with van der Waals surface area (Å²) in [5.41, 5.74) is 2.37. The van der Waals surface area contributed by atoms with E-state index < -0.39 is 0 Å². The number of likely N-dealkylation sites (tertiary alicyclic amines) is 1. The number of aromatic amines is 1. The van der Waals surface area contributed by atoms with Crippen LogP contribution in [0.25, 0.3) is 0 Å². The van der Waals surface area contributed by atoms with E-state index in [0.717, 1.165) is 13.1 Å². The average Bonchev–Trinajstić information content (AvgIpc) is 3.22. The monoisotopic (exact) mass is 400 g/mol. The molecule has 0 aliphatic carbocycles. The van der Waals surface area contributed by atoms with Gasteiger partial charge >= 0.3 is 0 Å².